The number of nitrogens with one attached hydrogen (secondary N) is 1. The van der Waals surface area contributed by atoms with Gasteiger partial charge in [-0.3, -0.25) is 25.2 Å². The molecule has 1 aliphatic rings. The number of nitro groups is 1. The van der Waals surface area contributed by atoms with Crippen LogP contribution in [-0.2, 0) is 0 Å². The number of benzene rings is 2. The molecule has 3 rings (SSSR count). The van der Waals surface area contributed by atoms with Crippen LogP contribution in [0.15, 0.2) is 48.5 Å². The molecule has 2 aromatic rings. The van der Waals surface area contributed by atoms with E-state index in [1.54, 1.807) is 36.4 Å². The number of carbonyl (C=O) groups excluding carboxylic acids is 1. The summed E-state index contributed by atoms with van der Waals surface area (Å²) in [5.41, 5.74) is 1.07. The molecule has 7 nitrogen and oxygen atoms in total. The molecule has 0 spiro atoms. The van der Waals surface area contributed by atoms with E-state index in [1.807, 2.05) is 0 Å². The van der Waals surface area contributed by atoms with Gasteiger partial charge in [-0.1, -0.05) is 30.3 Å². The summed E-state index contributed by atoms with van der Waals surface area (Å²) < 4.78 is 5.46. The number of para-hydroxylation sites is 2. The topological polar surface area (TPSA) is 96.5 Å². The summed E-state index contributed by atoms with van der Waals surface area (Å²) in [5, 5.41) is 19.0. The van der Waals surface area contributed by atoms with Crippen LogP contribution in [-0.4, -0.2) is 34.7 Å². The SMILES string of the molecule is N=C1c2ccccc2C(=O)N1CCCOc1ccccc1[N+](=O)[O-]. The first-order chi connectivity index (χ1) is 11.6. The highest BCUT2D eigenvalue weighted by Crippen LogP contribution is 2.26. The zero-order valence-electron chi connectivity index (χ0n) is 12.8. The van der Waals surface area contributed by atoms with Gasteiger partial charge in [-0.25, -0.2) is 0 Å². The van der Waals surface area contributed by atoms with Crippen molar-refractivity contribution in [3.05, 3.63) is 69.8 Å². The van der Waals surface area contributed by atoms with Gasteiger partial charge in [0.25, 0.3) is 5.91 Å². The number of rotatable bonds is 6. The van der Waals surface area contributed by atoms with Crippen LogP contribution < -0.4 is 4.74 Å². The fourth-order valence-corrected chi connectivity index (χ4v) is 2.62. The lowest BCUT2D eigenvalue weighted by molar-refractivity contribution is -0.385. The molecule has 0 fully saturated rings. The van der Waals surface area contributed by atoms with Gasteiger partial charge in [0.05, 0.1) is 17.1 Å². The molecule has 0 atom stereocenters. The number of hydrogen-bond donors (Lipinski definition) is 1. The monoisotopic (exact) mass is 325 g/mol. The molecular weight excluding hydrogens is 310 g/mol. The van der Waals surface area contributed by atoms with Gasteiger partial charge in [-0.2, -0.15) is 0 Å². The first-order valence-electron chi connectivity index (χ1n) is 7.45. The molecular formula is C17H15N3O4. The Bertz CT molecular complexity index is 784. The molecule has 2 aromatic carbocycles. The maximum Gasteiger partial charge on any atom is 0.310 e. The third-order valence-electron chi connectivity index (χ3n) is 3.77. The fourth-order valence-electron chi connectivity index (χ4n) is 2.62. The highest BCUT2D eigenvalue weighted by Gasteiger charge is 2.31. The number of fused-ring (bicyclic) bond motifs is 1. The van der Waals surface area contributed by atoms with Gasteiger partial charge < -0.3 is 4.74 Å². The second-order valence-corrected chi connectivity index (χ2v) is 5.28. The normalized spacial score (nSPS) is 13.1. The molecule has 0 aromatic heterocycles. The number of hydrogen-bond acceptors (Lipinski definition) is 5. The van der Waals surface area contributed by atoms with E-state index in [-0.39, 0.29) is 29.8 Å². The van der Waals surface area contributed by atoms with Crippen LogP contribution >= 0.6 is 0 Å². The third-order valence-corrected chi connectivity index (χ3v) is 3.77. The summed E-state index contributed by atoms with van der Waals surface area (Å²) in [6.07, 6.45) is 0.466. The lowest BCUT2D eigenvalue weighted by Crippen LogP contribution is -2.31. The number of amides is 1. The number of carbonyl (C=O) groups is 1. The van der Waals surface area contributed by atoms with Crippen molar-refractivity contribution in [1.82, 2.24) is 4.90 Å². The Morgan fingerprint density at radius 3 is 2.46 bits per heavy atom. The van der Waals surface area contributed by atoms with Crippen molar-refractivity contribution in [3.8, 4) is 5.75 Å². The molecule has 0 aliphatic carbocycles. The zero-order valence-corrected chi connectivity index (χ0v) is 12.8. The summed E-state index contributed by atoms with van der Waals surface area (Å²) in [5.74, 6) is 0.191. The first kappa shape index (κ1) is 15.7. The van der Waals surface area contributed by atoms with E-state index in [0.29, 0.717) is 24.1 Å². The van der Waals surface area contributed by atoms with Crippen molar-refractivity contribution in [3.63, 3.8) is 0 Å². The van der Waals surface area contributed by atoms with Crippen molar-refractivity contribution in [2.24, 2.45) is 0 Å². The van der Waals surface area contributed by atoms with E-state index < -0.39 is 4.92 Å². The number of ether oxygens (including phenoxy) is 1. The third kappa shape index (κ3) is 2.83. The van der Waals surface area contributed by atoms with Crippen molar-refractivity contribution < 1.29 is 14.5 Å². The molecule has 1 N–H and O–H groups in total. The molecule has 0 saturated carbocycles. The summed E-state index contributed by atoms with van der Waals surface area (Å²) in [4.78, 5) is 24.1. The van der Waals surface area contributed by atoms with Crippen LogP contribution in [0.5, 0.6) is 5.75 Å². The molecule has 122 valence electrons. The number of nitrogens with zero attached hydrogens (tertiary/aromatic N) is 2. The molecule has 1 heterocycles. The molecule has 0 saturated heterocycles. The largest absolute Gasteiger partial charge is 0.487 e. The Morgan fingerprint density at radius 1 is 1.08 bits per heavy atom. The predicted octanol–water partition coefficient (Wildman–Crippen LogP) is 2.85. The van der Waals surface area contributed by atoms with Crippen LogP contribution in [0, 0.1) is 15.5 Å². The van der Waals surface area contributed by atoms with Crippen molar-refractivity contribution in [2.45, 2.75) is 6.42 Å². The summed E-state index contributed by atoms with van der Waals surface area (Å²) in [6, 6.07) is 13.2. The Balaban J connectivity index is 1.58. The molecule has 0 bridgehead atoms. The lowest BCUT2D eigenvalue weighted by Gasteiger charge is -2.16. The van der Waals surface area contributed by atoms with Crippen LogP contribution in [0.25, 0.3) is 0 Å². The maximum absolute atomic E-state index is 12.3. The van der Waals surface area contributed by atoms with Crippen molar-refractivity contribution in [1.29, 1.82) is 5.41 Å². The van der Waals surface area contributed by atoms with Crippen LogP contribution in [0.2, 0.25) is 0 Å². The quantitative estimate of drug-likeness (QED) is 0.502. The Hall–Kier alpha value is -3.22. The standard InChI is InChI=1S/C17H15N3O4/c18-16-12-6-1-2-7-13(12)17(21)19(16)10-5-11-24-15-9-4-3-8-14(15)20(22)23/h1-4,6-9,18H,5,10-11H2. The average molecular weight is 325 g/mol. The Morgan fingerprint density at radius 2 is 1.75 bits per heavy atom. The van der Waals surface area contributed by atoms with E-state index in [0.717, 1.165) is 0 Å². The smallest absolute Gasteiger partial charge is 0.310 e. The maximum atomic E-state index is 12.3. The van der Waals surface area contributed by atoms with E-state index in [1.165, 1.54) is 17.0 Å². The minimum atomic E-state index is -0.494. The summed E-state index contributed by atoms with van der Waals surface area (Å²) in [6.45, 7) is 0.547. The van der Waals surface area contributed by atoms with Crippen molar-refractivity contribution in [2.75, 3.05) is 13.2 Å². The average Bonchev–Trinajstić information content (AvgIpc) is 2.84. The van der Waals surface area contributed by atoms with Gasteiger partial charge in [0.2, 0.25) is 0 Å². The summed E-state index contributed by atoms with van der Waals surface area (Å²) >= 11 is 0. The second kappa shape index (κ2) is 6.49. The van der Waals surface area contributed by atoms with Gasteiger partial charge >= 0.3 is 5.69 Å². The van der Waals surface area contributed by atoms with E-state index >= 15 is 0 Å². The van der Waals surface area contributed by atoms with Gasteiger partial charge in [0, 0.05) is 18.2 Å². The molecule has 1 aliphatic heterocycles. The van der Waals surface area contributed by atoms with E-state index in [4.69, 9.17) is 10.1 Å². The van der Waals surface area contributed by atoms with Crippen LogP contribution in [0.4, 0.5) is 5.69 Å². The lowest BCUT2D eigenvalue weighted by atomic mass is 10.1. The second-order valence-electron chi connectivity index (χ2n) is 5.28. The van der Waals surface area contributed by atoms with E-state index in [2.05, 4.69) is 0 Å². The number of amidine groups is 1. The van der Waals surface area contributed by atoms with Crippen molar-refractivity contribution >= 4 is 17.4 Å². The highest BCUT2D eigenvalue weighted by molar-refractivity contribution is 6.22. The minimum Gasteiger partial charge on any atom is -0.487 e. The predicted molar refractivity (Wildman–Crippen MR) is 87.5 cm³/mol. The Kier molecular flexibility index (Phi) is 4.24. The molecule has 24 heavy (non-hydrogen) atoms. The fraction of sp³-hybridized carbons (Fsp3) is 0.176. The first-order valence-corrected chi connectivity index (χ1v) is 7.45. The highest BCUT2D eigenvalue weighted by atomic mass is 16.6. The van der Waals surface area contributed by atoms with Crippen LogP contribution in [0.1, 0.15) is 22.3 Å². The van der Waals surface area contributed by atoms with Crippen LogP contribution in [0.3, 0.4) is 0 Å². The number of nitro benzene ring substituents is 1. The molecule has 0 unspecified atom stereocenters. The molecule has 1 amide bonds. The molecule has 7 heteroatoms. The zero-order chi connectivity index (χ0) is 17.1. The van der Waals surface area contributed by atoms with Gasteiger partial charge in [-0.05, 0) is 18.6 Å². The summed E-state index contributed by atoms with van der Waals surface area (Å²) in [7, 11) is 0. The van der Waals surface area contributed by atoms with Gasteiger partial charge in [0.15, 0.2) is 5.75 Å². The van der Waals surface area contributed by atoms with E-state index in [9.17, 15) is 14.9 Å². The Labute approximate surface area is 138 Å². The minimum absolute atomic E-state index is 0.0881. The molecule has 0 radical (unpaired) electrons. The van der Waals surface area contributed by atoms with Gasteiger partial charge in [-0.15, -0.1) is 0 Å². The van der Waals surface area contributed by atoms with Gasteiger partial charge in [0.1, 0.15) is 5.84 Å².